The molecule has 1 rings (SSSR count). The predicted octanol–water partition coefficient (Wildman–Crippen LogP) is 1.47. The number of amides is 1. The molecule has 0 radical (unpaired) electrons. The Labute approximate surface area is 124 Å². The van der Waals surface area contributed by atoms with E-state index in [1.54, 1.807) is 33.2 Å². The van der Waals surface area contributed by atoms with Crippen LogP contribution < -0.4 is 5.32 Å². The maximum absolute atomic E-state index is 11.5. The highest BCUT2D eigenvalue weighted by atomic mass is 127. The molecule has 2 N–H and O–H groups in total. The Kier molecular flexibility index (Phi) is 5.15. The van der Waals surface area contributed by atoms with Crippen LogP contribution in [0, 0.1) is 3.57 Å². The molecule has 0 saturated carbocycles. The van der Waals surface area contributed by atoms with Crippen LogP contribution in [0.15, 0.2) is 12.4 Å². The number of aliphatic carboxylic acids is 1. The van der Waals surface area contributed by atoms with Crippen LogP contribution >= 0.6 is 22.6 Å². The van der Waals surface area contributed by atoms with Gasteiger partial charge in [0.2, 0.25) is 0 Å². The standard InChI is InChI=1S/C11H16IN3O4/c1-11(2,3)19-10(18)14-8(9(16)17)6-15-5-7(12)4-13-15/h4-5,8H,6H2,1-3H3,(H,14,18)(H,16,17)/t8-/m0/s1. The molecule has 1 atom stereocenters. The molecule has 106 valence electrons. The first-order valence-corrected chi connectivity index (χ1v) is 6.65. The molecule has 7 nitrogen and oxygen atoms in total. The van der Waals surface area contributed by atoms with Crippen LogP contribution in [0.1, 0.15) is 20.8 Å². The van der Waals surface area contributed by atoms with Crippen LogP contribution in [-0.4, -0.2) is 38.6 Å². The summed E-state index contributed by atoms with van der Waals surface area (Å²) >= 11 is 2.07. The third kappa shape index (κ3) is 5.90. The van der Waals surface area contributed by atoms with Crippen molar-refractivity contribution in [3.8, 4) is 0 Å². The first kappa shape index (κ1) is 15.7. The highest BCUT2D eigenvalue weighted by Crippen LogP contribution is 2.07. The van der Waals surface area contributed by atoms with E-state index in [9.17, 15) is 9.59 Å². The summed E-state index contributed by atoms with van der Waals surface area (Å²) in [4.78, 5) is 22.6. The van der Waals surface area contributed by atoms with Gasteiger partial charge in [0.15, 0.2) is 0 Å². The number of halogens is 1. The van der Waals surface area contributed by atoms with Crippen molar-refractivity contribution in [2.45, 2.75) is 39.0 Å². The normalized spacial score (nSPS) is 12.8. The zero-order chi connectivity index (χ0) is 14.6. The summed E-state index contributed by atoms with van der Waals surface area (Å²) in [6, 6.07) is -1.09. The van der Waals surface area contributed by atoms with Crippen LogP contribution in [0.4, 0.5) is 4.79 Å². The Balaban J connectivity index is 2.63. The summed E-state index contributed by atoms with van der Waals surface area (Å²) in [7, 11) is 0. The van der Waals surface area contributed by atoms with Crippen LogP contribution in [0.25, 0.3) is 0 Å². The second kappa shape index (κ2) is 6.22. The minimum absolute atomic E-state index is 0.0393. The van der Waals surface area contributed by atoms with Gasteiger partial charge in [-0.05, 0) is 43.4 Å². The minimum atomic E-state index is -1.14. The number of ether oxygens (including phenoxy) is 1. The first-order chi connectivity index (χ1) is 8.67. The number of nitrogens with one attached hydrogen (secondary N) is 1. The average Bonchev–Trinajstić information content (AvgIpc) is 2.60. The quantitative estimate of drug-likeness (QED) is 0.771. The van der Waals surface area contributed by atoms with Gasteiger partial charge in [0.25, 0.3) is 0 Å². The number of hydrogen-bond acceptors (Lipinski definition) is 4. The molecule has 0 spiro atoms. The molecule has 0 aliphatic carbocycles. The van der Waals surface area contributed by atoms with Gasteiger partial charge in [-0.25, -0.2) is 9.59 Å². The summed E-state index contributed by atoms with van der Waals surface area (Å²) in [6.07, 6.45) is 2.53. The van der Waals surface area contributed by atoms with E-state index in [1.165, 1.54) is 4.68 Å². The van der Waals surface area contributed by atoms with Gasteiger partial charge in [0.05, 0.1) is 16.3 Å². The van der Waals surface area contributed by atoms with Crippen molar-refractivity contribution >= 4 is 34.7 Å². The number of carbonyl (C=O) groups is 2. The van der Waals surface area contributed by atoms with Crippen molar-refractivity contribution in [3.63, 3.8) is 0 Å². The van der Waals surface area contributed by atoms with Gasteiger partial charge in [-0.15, -0.1) is 0 Å². The minimum Gasteiger partial charge on any atom is -0.480 e. The molecule has 1 aromatic rings. The lowest BCUT2D eigenvalue weighted by Crippen LogP contribution is -2.45. The summed E-state index contributed by atoms with van der Waals surface area (Å²) in [5.41, 5.74) is -0.672. The fourth-order valence-corrected chi connectivity index (χ4v) is 1.71. The Morgan fingerprint density at radius 3 is 2.63 bits per heavy atom. The van der Waals surface area contributed by atoms with Crippen molar-refractivity contribution in [2.75, 3.05) is 0 Å². The smallest absolute Gasteiger partial charge is 0.408 e. The molecule has 0 bridgehead atoms. The molecule has 19 heavy (non-hydrogen) atoms. The van der Waals surface area contributed by atoms with Crippen molar-refractivity contribution in [1.29, 1.82) is 0 Å². The number of aromatic nitrogens is 2. The van der Waals surface area contributed by atoms with Gasteiger partial charge in [-0.2, -0.15) is 5.10 Å². The second-order valence-electron chi connectivity index (χ2n) is 4.92. The molecule has 1 amide bonds. The maximum Gasteiger partial charge on any atom is 0.408 e. The highest BCUT2D eigenvalue weighted by molar-refractivity contribution is 14.1. The Morgan fingerprint density at radius 2 is 2.21 bits per heavy atom. The third-order valence-corrected chi connectivity index (χ3v) is 2.52. The third-order valence-electron chi connectivity index (χ3n) is 1.96. The van der Waals surface area contributed by atoms with Crippen LogP contribution in [0.3, 0.4) is 0 Å². The lowest BCUT2D eigenvalue weighted by Gasteiger charge is -2.21. The molecule has 0 aromatic carbocycles. The lowest BCUT2D eigenvalue weighted by atomic mass is 10.2. The molecule has 0 unspecified atom stereocenters. The van der Waals surface area contributed by atoms with Gasteiger partial charge in [0, 0.05) is 6.20 Å². The Hall–Kier alpha value is -1.32. The van der Waals surface area contributed by atoms with Crippen molar-refractivity contribution in [3.05, 3.63) is 16.0 Å². The summed E-state index contributed by atoms with van der Waals surface area (Å²) in [5, 5.41) is 15.4. The summed E-state index contributed by atoms with van der Waals surface area (Å²) in [5.74, 6) is -1.14. The van der Waals surface area contributed by atoms with E-state index >= 15 is 0 Å². The molecular formula is C11H16IN3O4. The van der Waals surface area contributed by atoms with Gasteiger partial charge in [-0.1, -0.05) is 0 Å². The fraction of sp³-hybridized carbons (Fsp3) is 0.545. The van der Waals surface area contributed by atoms with Gasteiger partial charge in [-0.3, -0.25) is 4.68 Å². The number of carbonyl (C=O) groups excluding carboxylic acids is 1. The molecule has 0 aliphatic heterocycles. The number of hydrogen-bond donors (Lipinski definition) is 2. The molecule has 1 heterocycles. The lowest BCUT2D eigenvalue weighted by molar-refractivity contribution is -0.139. The van der Waals surface area contributed by atoms with E-state index in [-0.39, 0.29) is 6.54 Å². The Morgan fingerprint density at radius 1 is 1.58 bits per heavy atom. The SMILES string of the molecule is CC(C)(C)OC(=O)N[C@@H](Cn1cc(I)cn1)C(=O)O. The number of nitrogens with zero attached hydrogens (tertiary/aromatic N) is 2. The van der Waals surface area contributed by atoms with E-state index in [1.807, 2.05) is 0 Å². The van der Waals surface area contributed by atoms with E-state index in [0.717, 1.165) is 3.57 Å². The monoisotopic (exact) mass is 381 g/mol. The summed E-state index contributed by atoms with van der Waals surface area (Å²) in [6.45, 7) is 5.16. The van der Waals surface area contributed by atoms with Crippen molar-refractivity contribution in [2.24, 2.45) is 0 Å². The summed E-state index contributed by atoms with van der Waals surface area (Å²) < 4.78 is 7.36. The van der Waals surface area contributed by atoms with Gasteiger partial charge in [0.1, 0.15) is 11.6 Å². The number of rotatable bonds is 4. The number of alkyl carbamates (subject to hydrolysis) is 1. The number of carboxylic acid groups (broad SMARTS) is 1. The van der Waals surface area contributed by atoms with E-state index in [2.05, 4.69) is 33.0 Å². The molecule has 0 saturated heterocycles. The predicted molar refractivity (Wildman–Crippen MR) is 75.7 cm³/mol. The Bertz CT molecular complexity index is 467. The van der Waals surface area contributed by atoms with Crippen LogP contribution in [0.5, 0.6) is 0 Å². The van der Waals surface area contributed by atoms with Crippen LogP contribution in [0.2, 0.25) is 0 Å². The fourth-order valence-electron chi connectivity index (χ4n) is 1.26. The van der Waals surface area contributed by atoms with E-state index in [4.69, 9.17) is 9.84 Å². The second-order valence-corrected chi connectivity index (χ2v) is 6.16. The maximum atomic E-state index is 11.5. The van der Waals surface area contributed by atoms with Gasteiger partial charge >= 0.3 is 12.1 Å². The molecule has 8 heteroatoms. The molecule has 0 aliphatic rings. The zero-order valence-corrected chi connectivity index (χ0v) is 13.0. The zero-order valence-electron chi connectivity index (χ0n) is 10.9. The van der Waals surface area contributed by atoms with Crippen molar-refractivity contribution in [1.82, 2.24) is 15.1 Å². The molecule has 1 aromatic heterocycles. The van der Waals surface area contributed by atoms with E-state index in [0.29, 0.717) is 0 Å². The average molecular weight is 381 g/mol. The topological polar surface area (TPSA) is 93.5 Å². The first-order valence-electron chi connectivity index (χ1n) is 5.57. The van der Waals surface area contributed by atoms with Crippen LogP contribution in [-0.2, 0) is 16.1 Å². The molecular weight excluding hydrogens is 365 g/mol. The van der Waals surface area contributed by atoms with Crippen molar-refractivity contribution < 1.29 is 19.4 Å². The van der Waals surface area contributed by atoms with Gasteiger partial charge < -0.3 is 15.2 Å². The highest BCUT2D eigenvalue weighted by Gasteiger charge is 2.24. The van der Waals surface area contributed by atoms with E-state index < -0.39 is 23.7 Å². The largest absolute Gasteiger partial charge is 0.480 e. The number of carboxylic acids is 1. The molecule has 0 fully saturated rings.